The van der Waals surface area contributed by atoms with Crippen LogP contribution in [0.1, 0.15) is 59.3 Å². The molecule has 4 aliphatic rings. The number of rotatable bonds is 1. The Bertz CT molecular complexity index is 655. The first-order chi connectivity index (χ1) is 12.9. The first-order valence-corrected chi connectivity index (χ1v) is 10.3. The van der Waals surface area contributed by atoms with Crippen LogP contribution in [-0.4, -0.2) is 11.6 Å². The Labute approximate surface area is 165 Å². The van der Waals surface area contributed by atoms with Crippen molar-refractivity contribution in [3.63, 3.8) is 0 Å². The van der Waals surface area contributed by atoms with Gasteiger partial charge in [-0.05, 0) is 79.3 Å². The van der Waals surface area contributed by atoms with Crippen LogP contribution in [0.15, 0.2) is 50.1 Å². The SMILES string of the molecule is C=C.C=C.CC(=O)[C@H]1CC[C@H]2[C@@H]3C=CC4=CC(=O)CC[C@@]4(C)[C@@H]3CC[C@]12C. The summed E-state index contributed by atoms with van der Waals surface area (Å²) < 4.78 is 0. The lowest BCUT2D eigenvalue weighted by Crippen LogP contribution is -2.49. The van der Waals surface area contributed by atoms with E-state index in [1.54, 1.807) is 6.92 Å². The van der Waals surface area contributed by atoms with Crippen molar-refractivity contribution in [2.24, 2.45) is 34.5 Å². The van der Waals surface area contributed by atoms with Crippen molar-refractivity contribution in [3.05, 3.63) is 50.1 Å². The largest absolute Gasteiger partial charge is 0.300 e. The molecule has 0 unspecified atom stereocenters. The van der Waals surface area contributed by atoms with Crippen LogP contribution in [0.4, 0.5) is 0 Å². The molecule has 0 radical (unpaired) electrons. The maximum atomic E-state index is 12.1. The van der Waals surface area contributed by atoms with Crippen molar-refractivity contribution in [2.75, 3.05) is 0 Å². The van der Waals surface area contributed by atoms with E-state index in [1.165, 1.54) is 24.8 Å². The van der Waals surface area contributed by atoms with Crippen molar-refractivity contribution in [1.82, 2.24) is 0 Å². The zero-order valence-corrected chi connectivity index (χ0v) is 17.4. The van der Waals surface area contributed by atoms with Gasteiger partial charge in [-0.1, -0.05) is 26.0 Å². The molecule has 2 heteroatoms. The quantitative estimate of drug-likeness (QED) is 0.524. The molecule has 2 nitrogen and oxygen atoms in total. The highest BCUT2D eigenvalue weighted by molar-refractivity contribution is 5.92. The summed E-state index contributed by atoms with van der Waals surface area (Å²) in [4.78, 5) is 24.0. The predicted octanol–water partition coefficient (Wildman–Crippen LogP) is 6.10. The number of hydrogen-bond acceptors (Lipinski definition) is 2. The van der Waals surface area contributed by atoms with Crippen LogP contribution in [-0.2, 0) is 9.59 Å². The summed E-state index contributed by atoms with van der Waals surface area (Å²) in [5, 5.41) is 0. The topological polar surface area (TPSA) is 34.1 Å². The van der Waals surface area contributed by atoms with Gasteiger partial charge in [0.25, 0.3) is 0 Å². The van der Waals surface area contributed by atoms with E-state index in [2.05, 4.69) is 52.3 Å². The summed E-state index contributed by atoms with van der Waals surface area (Å²) in [7, 11) is 0. The Hall–Kier alpha value is -1.70. The van der Waals surface area contributed by atoms with E-state index in [0.29, 0.717) is 35.7 Å². The van der Waals surface area contributed by atoms with E-state index in [9.17, 15) is 9.59 Å². The van der Waals surface area contributed by atoms with Crippen LogP contribution in [0.25, 0.3) is 0 Å². The van der Waals surface area contributed by atoms with Gasteiger partial charge < -0.3 is 0 Å². The molecule has 0 N–H and O–H groups in total. The fourth-order valence-electron chi connectivity index (χ4n) is 6.66. The van der Waals surface area contributed by atoms with Gasteiger partial charge in [0, 0.05) is 12.3 Å². The fraction of sp³-hybridized carbons (Fsp3) is 0.600. The second-order valence-electron chi connectivity index (χ2n) is 8.92. The van der Waals surface area contributed by atoms with Gasteiger partial charge >= 0.3 is 0 Å². The Balaban J connectivity index is 0.000000614. The normalized spacial score (nSPS) is 41.4. The van der Waals surface area contributed by atoms with Gasteiger partial charge in [0.1, 0.15) is 5.78 Å². The van der Waals surface area contributed by atoms with Crippen molar-refractivity contribution in [2.45, 2.75) is 59.3 Å². The third-order valence-corrected chi connectivity index (χ3v) is 8.01. The van der Waals surface area contributed by atoms with Crippen molar-refractivity contribution >= 4 is 11.6 Å². The standard InChI is InChI=1S/C21H28O2.2C2H4/c1-13(22)17-6-7-18-16-5-4-14-12-15(23)8-10-20(14,2)19(16)9-11-21(17,18)3;2*1-2/h4-5,12,16-19H,6-11H2,1-3H3;2*1-2H2/t16-,17+,18-,19+,20+,21+;;/m0../s1. The third-order valence-electron chi connectivity index (χ3n) is 8.01. The number of fused-ring (bicyclic) bond motifs is 5. The third kappa shape index (κ3) is 3.32. The van der Waals surface area contributed by atoms with Crippen molar-refractivity contribution in [3.8, 4) is 0 Å². The first kappa shape index (κ1) is 21.6. The van der Waals surface area contributed by atoms with E-state index < -0.39 is 0 Å². The maximum absolute atomic E-state index is 12.1. The fourth-order valence-corrected chi connectivity index (χ4v) is 6.66. The summed E-state index contributed by atoms with van der Waals surface area (Å²) in [6, 6.07) is 0. The van der Waals surface area contributed by atoms with E-state index in [0.717, 1.165) is 12.8 Å². The first-order valence-electron chi connectivity index (χ1n) is 10.3. The Kier molecular flexibility index (Phi) is 6.50. The molecule has 0 amide bonds. The zero-order chi connectivity index (χ0) is 20.4. The minimum atomic E-state index is 0.170. The molecule has 2 saturated carbocycles. The Morgan fingerprint density at radius 2 is 1.70 bits per heavy atom. The molecule has 0 aromatic heterocycles. The molecule has 0 aromatic carbocycles. The van der Waals surface area contributed by atoms with Crippen molar-refractivity contribution < 1.29 is 9.59 Å². The number of carbonyl (C=O) groups excluding carboxylic acids is 2. The molecule has 0 aromatic rings. The van der Waals surface area contributed by atoms with Crippen LogP contribution in [0.5, 0.6) is 0 Å². The second kappa shape index (κ2) is 8.12. The lowest BCUT2D eigenvalue weighted by atomic mass is 9.48. The summed E-state index contributed by atoms with van der Waals surface area (Å²) >= 11 is 0. The molecule has 0 spiro atoms. The van der Waals surface area contributed by atoms with Crippen LogP contribution in [0.2, 0.25) is 0 Å². The van der Waals surface area contributed by atoms with Gasteiger partial charge in [-0.3, -0.25) is 9.59 Å². The minimum absolute atomic E-state index is 0.170. The monoisotopic (exact) mass is 368 g/mol. The number of hydrogen-bond donors (Lipinski definition) is 0. The Morgan fingerprint density at radius 1 is 1.04 bits per heavy atom. The molecule has 0 bridgehead atoms. The molecule has 0 saturated heterocycles. The summed E-state index contributed by atoms with van der Waals surface area (Å²) in [5.74, 6) is 2.83. The number of Topliss-reactive ketones (excluding diaryl/α,β-unsaturated/α-hetero) is 1. The summed E-state index contributed by atoms with van der Waals surface area (Å²) in [6.07, 6.45) is 12.9. The van der Waals surface area contributed by atoms with Crippen LogP contribution >= 0.6 is 0 Å². The average Bonchev–Trinajstić information content (AvgIpc) is 3.03. The summed E-state index contributed by atoms with van der Waals surface area (Å²) in [5.41, 5.74) is 1.63. The lowest BCUT2D eigenvalue weighted by molar-refractivity contribution is -0.127. The predicted molar refractivity (Wildman–Crippen MR) is 113 cm³/mol. The van der Waals surface area contributed by atoms with E-state index in [4.69, 9.17) is 0 Å². The number of carbonyl (C=O) groups is 2. The highest BCUT2D eigenvalue weighted by atomic mass is 16.1. The van der Waals surface area contributed by atoms with E-state index in [1.807, 2.05) is 6.08 Å². The van der Waals surface area contributed by atoms with Gasteiger partial charge in [-0.2, -0.15) is 0 Å². The molecule has 4 aliphatic carbocycles. The molecule has 148 valence electrons. The van der Waals surface area contributed by atoms with Crippen LogP contribution in [0.3, 0.4) is 0 Å². The Morgan fingerprint density at radius 3 is 2.33 bits per heavy atom. The zero-order valence-electron chi connectivity index (χ0n) is 17.4. The molecule has 2 fully saturated rings. The molecular formula is C25H36O2. The average molecular weight is 369 g/mol. The minimum Gasteiger partial charge on any atom is -0.300 e. The highest BCUT2D eigenvalue weighted by Gasteiger charge is 2.58. The van der Waals surface area contributed by atoms with Crippen LogP contribution in [0, 0.1) is 34.5 Å². The molecular weight excluding hydrogens is 332 g/mol. The van der Waals surface area contributed by atoms with Gasteiger partial charge in [0.15, 0.2) is 5.78 Å². The van der Waals surface area contributed by atoms with E-state index >= 15 is 0 Å². The molecule has 6 atom stereocenters. The van der Waals surface area contributed by atoms with E-state index in [-0.39, 0.29) is 16.7 Å². The summed E-state index contributed by atoms with van der Waals surface area (Å²) in [6.45, 7) is 18.5. The van der Waals surface area contributed by atoms with Gasteiger partial charge in [0.05, 0.1) is 0 Å². The molecule has 0 aliphatic heterocycles. The van der Waals surface area contributed by atoms with Gasteiger partial charge in [0.2, 0.25) is 0 Å². The van der Waals surface area contributed by atoms with Gasteiger partial charge in [-0.25, -0.2) is 0 Å². The maximum Gasteiger partial charge on any atom is 0.156 e. The lowest BCUT2D eigenvalue weighted by Gasteiger charge is -2.55. The highest BCUT2D eigenvalue weighted by Crippen LogP contribution is 2.65. The van der Waals surface area contributed by atoms with Crippen molar-refractivity contribution in [1.29, 1.82) is 0 Å². The number of ketones is 2. The van der Waals surface area contributed by atoms with Crippen LogP contribution < -0.4 is 0 Å². The molecule has 4 rings (SSSR count). The second-order valence-corrected chi connectivity index (χ2v) is 8.92. The number of allylic oxidation sites excluding steroid dienone is 4. The van der Waals surface area contributed by atoms with Gasteiger partial charge in [-0.15, -0.1) is 26.3 Å². The molecule has 0 heterocycles. The smallest absolute Gasteiger partial charge is 0.156 e. The molecule has 27 heavy (non-hydrogen) atoms.